The van der Waals surface area contributed by atoms with E-state index in [0.717, 1.165) is 62.4 Å². The van der Waals surface area contributed by atoms with Gasteiger partial charge in [-0.15, -0.1) is 0 Å². The van der Waals surface area contributed by atoms with Gasteiger partial charge in [-0.1, -0.05) is 132 Å². The maximum Gasteiger partial charge on any atom is 0.326 e. The summed E-state index contributed by atoms with van der Waals surface area (Å²) in [4.78, 5) is 102. The van der Waals surface area contributed by atoms with Gasteiger partial charge >= 0.3 is 5.97 Å². The van der Waals surface area contributed by atoms with E-state index < -0.39 is 65.7 Å². The van der Waals surface area contributed by atoms with Gasteiger partial charge < -0.3 is 53.1 Å². The van der Waals surface area contributed by atoms with Crippen LogP contribution in [0.3, 0.4) is 0 Å². The molecule has 3 aromatic rings. The first-order chi connectivity index (χ1) is 33.5. The van der Waals surface area contributed by atoms with Gasteiger partial charge in [0.15, 0.2) is 0 Å². The fourth-order valence-electron chi connectivity index (χ4n) is 8.19. The van der Waals surface area contributed by atoms with Crippen LogP contribution < -0.4 is 38.1 Å². The standard InChI is InChI=1S/C53H75N7O10/c1-36(2)31-43(50(66)58-42(49(55)65)32-37-19-11-9-12-20-37)59-51(67)44(33-39-26-28-41(62)29-27-39)57-48(64)25-17-7-3-5-15-23-40(24-16-6-4-8-18-30-61)56-45(35-47(54)63)52(68)60-46(53(69)70)34-38-21-13-10-14-22-38/h9-14,19-22,26-30,36,40,42-46,56,62H,3-8,15-18,23-25,31-35H2,1-2H3,(H2,54,63)(H2,55,65)(H,57,64)(H,58,66)(H,59,67)(H,60,68)(H,69,70)/t40?,42-,43-,44-,45-,46-/m0/s1. The average Bonchev–Trinajstić information content (AvgIpc) is 3.31. The lowest BCUT2D eigenvalue weighted by molar-refractivity contribution is -0.142. The Morgan fingerprint density at radius 3 is 1.57 bits per heavy atom. The molecule has 3 rings (SSSR count). The Morgan fingerprint density at radius 1 is 0.557 bits per heavy atom. The number of nitrogens with one attached hydrogen (secondary N) is 5. The summed E-state index contributed by atoms with van der Waals surface area (Å²) in [5.41, 5.74) is 13.4. The Bertz CT molecular complexity index is 2090. The van der Waals surface area contributed by atoms with Crippen molar-refractivity contribution in [2.45, 2.75) is 166 Å². The number of unbranched alkanes of at least 4 members (excludes halogenated alkanes) is 8. The van der Waals surface area contributed by atoms with Crippen molar-refractivity contribution < 1.29 is 48.6 Å². The van der Waals surface area contributed by atoms with Gasteiger partial charge in [0.2, 0.25) is 35.4 Å². The van der Waals surface area contributed by atoms with E-state index in [1.807, 2.05) is 50.2 Å². The predicted molar refractivity (Wildman–Crippen MR) is 267 cm³/mol. The second kappa shape index (κ2) is 32.2. The first-order valence-electron chi connectivity index (χ1n) is 24.6. The SMILES string of the molecule is CC(C)C[C@H](NC(=O)[C@H](Cc1ccc(O)cc1)NC(=O)CCCCCCCC(CCCCCCC=O)N[C@@H](CC(N)=O)C(=O)N[C@@H](Cc1ccccc1)C(=O)O)C(=O)N[C@@H](Cc1ccccc1)C(N)=O. The van der Waals surface area contributed by atoms with Crippen molar-refractivity contribution in [3.8, 4) is 5.75 Å². The zero-order valence-corrected chi connectivity index (χ0v) is 40.7. The van der Waals surface area contributed by atoms with Crippen LogP contribution in [0.4, 0.5) is 0 Å². The van der Waals surface area contributed by atoms with Gasteiger partial charge in [0.25, 0.3) is 0 Å². The lowest BCUT2D eigenvalue weighted by atomic mass is 9.98. The van der Waals surface area contributed by atoms with Gasteiger partial charge in [-0.3, -0.25) is 28.8 Å². The van der Waals surface area contributed by atoms with E-state index in [-0.39, 0.29) is 62.1 Å². The highest BCUT2D eigenvalue weighted by molar-refractivity contribution is 5.94. The van der Waals surface area contributed by atoms with Crippen molar-refractivity contribution in [3.05, 3.63) is 102 Å². The predicted octanol–water partition coefficient (Wildman–Crippen LogP) is 4.45. The molecule has 382 valence electrons. The molecule has 1 unspecified atom stereocenters. The molecule has 6 amide bonds. The molecule has 0 radical (unpaired) electrons. The minimum absolute atomic E-state index is 0.0245. The summed E-state index contributed by atoms with van der Waals surface area (Å²) < 4.78 is 0. The third kappa shape index (κ3) is 23.6. The Hall–Kier alpha value is -6.62. The maximum atomic E-state index is 13.9. The first kappa shape index (κ1) is 57.7. The van der Waals surface area contributed by atoms with Crippen molar-refractivity contribution >= 4 is 47.7 Å². The van der Waals surface area contributed by atoms with Crippen LogP contribution in [0.15, 0.2) is 84.9 Å². The Kier molecular flexibility index (Phi) is 26.6. The number of carboxylic acids is 1. The third-order valence-corrected chi connectivity index (χ3v) is 11.9. The van der Waals surface area contributed by atoms with E-state index in [2.05, 4.69) is 26.6 Å². The zero-order valence-electron chi connectivity index (χ0n) is 40.7. The summed E-state index contributed by atoms with van der Waals surface area (Å²) in [7, 11) is 0. The summed E-state index contributed by atoms with van der Waals surface area (Å²) in [6.07, 6.45) is 10.0. The molecule has 0 saturated heterocycles. The molecule has 3 aromatic carbocycles. The molecule has 70 heavy (non-hydrogen) atoms. The molecular formula is C53H75N7O10. The lowest BCUT2D eigenvalue weighted by Gasteiger charge is -2.26. The molecule has 11 N–H and O–H groups in total. The highest BCUT2D eigenvalue weighted by Gasteiger charge is 2.31. The minimum Gasteiger partial charge on any atom is -0.508 e. The minimum atomic E-state index is -1.22. The number of carbonyl (C=O) groups excluding carboxylic acids is 7. The zero-order chi connectivity index (χ0) is 51.3. The van der Waals surface area contributed by atoms with E-state index in [9.17, 15) is 48.6 Å². The van der Waals surface area contributed by atoms with Crippen molar-refractivity contribution in [3.63, 3.8) is 0 Å². The van der Waals surface area contributed by atoms with E-state index in [4.69, 9.17) is 11.5 Å². The average molecular weight is 970 g/mol. The monoisotopic (exact) mass is 970 g/mol. The van der Waals surface area contributed by atoms with Crippen LogP contribution in [0.25, 0.3) is 0 Å². The van der Waals surface area contributed by atoms with Crippen molar-refractivity contribution in [2.24, 2.45) is 17.4 Å². The fourth-order valence-corrected chi connectivity index (χ4v) is 8.19. The number of phenolic OH excluding ortho intramolecular Hbond substituents is 1. The van der Waals surface area contributed by atoms with Crippen LogP contribution in [-0.4, -0.2) is 94.2 Å². The molecule has 0 saturated carbocycles. The van der Waals surface area contributed by atoms with E-state index in [0.29, 0.717) is 37.7 Å². The largest absolute Gasteiger partial charge is 0.508 e. The third-order valence-electron chi connectivity index (χ3n) is 11.9. The topological polar surface area (TPSA) is 289 Å². The van der Waals surface area contributed by atoms with Gasteiger partial charge in [-0.2, -0.15) is 0 Å². The molecule has 17 heteroatoms. The number of nitrogens with two attached hydrogens (primary N) is 2. The van der Waals surface area contributed by atoms with Crippen LogP contribution >= 0.6 is 0 Å². The van der Waals surface area contributed by atoms with E-state index >= 15 is 0 Å². The summed E-state index contributed by atoms with van der Waals surface area (Å²) in [6.45, 7) is 3.79. The molecule has 0 fully saturated rings. The van der Waals surface area contributed by atoms with E-state index in [1.54, 1.807) is 36.4 Å². The number of hydrogen-bond donors (Lipinski definition) is 9. The molecule has 0 aliphatic carbocycles. The number of aldehydes is 1. The highest BCUT2D eigenvalue weighted by Crippen LogP contribution is 2.17. The van der Waals surface area contributed by atoms with E-state index in [1.165, 1.54) is 12.1 Å². The van der Waals surface area contributed by atoms with Gasteiger partial charge in [0, 0.05) is 38.1 Å². The van der Waals surface area contributed by atoms with Crippen molar-refractivity contribution in [1.29, 1.82) is 0 Å². The molecule has 0 spiro atoms. The number of amides is 6. The quantitative estimate of drug-likeness (QED) is 0.0290. The summed E-state index contributed by atoms with van der Waals surface area (Å²) in [6, 6.07) is 18.7. The lowest BCUT2D eigenvalue weighted by Crippen LogP contribution is -2.57. The number of primary amides is 2. The fraction of sp³-hybridized carbons (Fsp3) is 0.509. The molecule has 0 bridgehead atoms. The molecule has 0 heterocycles. The number of carbonyl (C=O) groups is 8. The summed E-state index contributed by atoms with van der Waals surface area (Å²) in [5, 5.41) is 34.0. The van der Waals surface area contributed by atoms with Gasteiger partial charge in [0.05, 0.1) is 12.5 Å². The van der Waals surface area contributed by atoms with Crippen LogP contribution in [0.5, 0.6) is 5.75 Å². The number of benzene rings is 3. The number of rotatable bonds is 36. The molecule has 17 nitrogen and oxygen atoms in total. The van der Waals surface area contributed by atoms with Crippen LogP contribution in [-0.2, 0) is 57.6 Å². The number of phenols is 1. The molecular weight excluding hydrogens is 895 g/mol. The Labute approximate surface area is 412 Å². The van der Waals surface area contributed by atoms with Crippen LogP contribution in [0.2, 0.25) is 0 Å². The molecule has 0 aliphatic heterocycles. The normalized spacial score (nSPS) is 13.7. The smallest absolute Gasteiger partial charge is 0.326 e. The van der Waals surface area contributed by atoms with Crippen LogP contribution in [0.1, 0.15) is 127 Å². The van der Waals surface area contributed by atoms with Crippen molar-refractivity contribution in [1.82, 2.24) is 26.6 Å². The van der Waals surface area contributed by atoms with Crippen molar-refractivity contribution in [2.75, 3.05) is 0 Å². The summed E-state index contributed by atoms with van der Waals surface area (Å²) >= 11 is 0. The summed E-state index contributed by atoms with van der Waals surface area (Å²) in [5.74, 6) is -4.78. The van der Waals surface area contributed by atoms with Gasteiger partial charge in [-0.25, -0.2) is 4.79 Å². The van der Waals surface area contributed by atoms with Gasteiger partial charge in [-0.05, 0) is 66.8 Å². The van der Waals surface area contributed by atoms with Crippen LogP contribution in [0, 0.1) is 5.92 Å². The number of carboxylic acid groups (broad SMARTS) is 1. The Morgan fingerprint density at radius 2 is 1.03 bits per heavy atom. The highest BCUT2D eigenvalue weighted by atomic mass is 16.4. The number of aromatic hydroxyl groups is 1. The Balaban J connectivity index is 1.60. The van der Waals surface area contributed by atoms with Gasteiger partial charge in [0.1, 0.15) is 36.2 Å². The molecule has 0 aromatic heterocycles. The second-order valence-electron chi connectivity index (χ2n) is 18.5. The number of aliphatic carboxylic acids is 1. The molecule has 0 aliphatic rings. The maximum absolute atomic E-state index is 13.9. The number of hydrogen-bond acceptors (Lipinski definition) is 10. The molecule has 6 atom stereocenters. The first-order valence-corrected chi connectivity index (χ1v) is 24.6. The second-order valence-corrected chi connectivity index (χ2v) is 18.5.